The Morgan fingerprint density at radius 1 is 0.857 bits per heavy atom. The van der Waals surface area contributed by atoms with Crippen LogP contribution in [-0.2, 0) is 6.54 Å². The number of halogens is 1. The molecule has 138 valence electrons. The number of aromatic nitrogens is 3. The van der Waals surface area contributed by atoms with Gasteiger partial charge in [0.25, 0.3) is 0 Å². The number of pyridine rings is 1. The van der Waals surface area contributed by atoms with E-state index in [-0.39, 0.29) is 5.82 Å². The maximum absolute atomic E-state index is 13.3. The fourth-order valence-electron chi connectivity index (χ4n) is 2.96. The number of benzene rings is 2. The first kappa shape index (κ1) is 17.8. The number of hydrogen-bond acceptors (Lipinski definition) is 4. The van der Waals surface area contributed by atoms with Crippen molar-refractivity contribution >= 4 is 5.82 Å². The Morgan fingerprint density at radius 2 is 1.64 bits per heavy atom. The summed E-state index contributed by atoms with van der Waals surface area (Å²) >= 11 is 0. The van der Waals surface area contributed by atoms with Gasteiger partial charge in [0.15, 0.2) is 5.82 Å². The molecule has 0 saturated heterocycles. The van der Waals surface area contributed by atoms with Crippen LogP contribution in [0.4, 0.5) is 10.2 Å². The Balaban J connectivity index is 1.76. The van der Waals surface area contributed by atoms with Gasteiger partial charge < -0.3 is 4.90 Å². The highest BCUT2D eigenvalue weighted by Crippen LogP contribution is 2.26. The van der Waals surface area contributed by atoms with Crippen LogP contribution in [0.15, 0.2) is 85.2 Å². The highest BCUT2D eigenvalue weighted by Gasteiger charge is 2.12. The molecule has 0 saturated carbocycles. The van der Waals surface area contributed by atoms with Crippen molar-refractivity contribution < 1.29 is 4.39 Å². The summed E-state index contributed by atoms with van der Waals surface area (Å²) in [7, 11) is 2.00. The molecule has 0 N–H and O–H groups in total. The molecule has 0 aliphatic rings. The van der Waals surface area contributed by atoms with Crippen molar-refractivity contribution in [2.24, 2.45) is 0 Å². The predicted octanol–water partition coefficient (Wildman–Crippen LogP) is 4.98. The molecule has 28 heavy (non-hydrogen) atoms. The fourth-order valence-corrected chi connectivity index (χ4v) is 2.96. The maximum Gasteiger partial charge on any atom is 0.163 e. The molecule has 0 aliphatic carbocycles. The van der Waals surface area contributed by atoms with E-state index >= 15 is 0 Å². The van der Waals surface area contributed by atoms with Gasteiger partial charge in [-0.2, -0.15) is 0 Å². The van der Waals surface area contributed by atoms with Crippen LogP contribution >= 0.6 is 0 Å². The van der Waals surface area contributed by atoms with Crippen LogP contribution in [0.1, 0.15) is 5.56 Å². The molecular weight excluding hydrogens is 351 g/mol. The van der Waals surface area contributed by atoms with E-state index in [1.807, 2.05) is 43.4 Å². The molecule has 0 radical (unpaired) electrons. The second-order valence-corrected chi connectivity index (χ2v) is 6.53. The molecule has 0 spiro atoms. The summed E-state index contributed by atoms with van der Waals surface area (Å²) in [6.45, 7) is 0.715. The third-order valence-corrected chi connectivity index (χ3v) is 4.43. The molecule has 0 bridgehead atoms. The van der Waals surface area contributed by atoms with E-state index in [0.29, 0.717) is 12.4 Å². The minimum absolute atomic E-state index is 0.272. The lowest BCUT2D eigenvalue weighted by atomic mass is 10.1. The van der Waals surface area contributed by atoms with Crippen LogP contribution in [-0.4, -0.2) is 22.0 Å². The van der Waals surface area contributed by atoms with E-state index in [9.17, 15) is 4.39 Å². The fraction of sp³-hybridized carbons (Fsp3) is 0.0870. The topological polar surface area (TPSA) is 41.9 Å². The Labute approximate surface area is 163 Å². The Hall–Kier alpha value is -3.60. The van der Waals surface area contributed by atoms with Crippen molar-refractivity contribution in [2.45, 2.75) is 6.54 Å². The summed E-state index contributed by atoms with van der Waals surface area (Å²) in [5.74, 6) is 1.11. The highest BCUT2D eigenvalue weighted by molar-refractivity contribution is 5.67. The van der Waals surface area contributed by atoms with Crippen LogP contribution in [0.3, 0.4) is 0 Å². The van der Waals surface area contributed by atoms with Gasteiger partial charge in [-0.1, -0.05) is 30.3 Å². The van der Waals surface area contributed by atoms with Crippen LogP contribution in [0.2, 0.25) is 0 Å². The van der Waals surface area contributed by atoms with Gasteiger partial charge in [0.1, 0.15) is 11.6 Å². The average Bonchev–Trinajstić information content (AvgIpc) is 2.75. The van der Waals surface area contributed by atoms with E-state index in [1.165, 1.54) is 17.7 Å². The van der Waals surface area contributed by atoms with Gasteiger partial charge >= 0.3 is 0 Å². The number of nitrogens with zero attached hydrogens (tertiary/aromatic N) is 4. The summed E-state index contributed by atoms with van der Waals surface area (Å²) in [5.41, 5.74) is 3.60. The molecule has 0 unspecified atom stereocenters. The molecular formula is C23H19FN4. The molecule has 2 heterocycles. The van der Waals surface area contributed by atoms with Gasteiger partial charge in [0.2, 0.25) is 0 Å². The quantitative estimate of drug-likeness (QED) is 0.497. The van der Waals surface area contributed by atoms with Crippen molar-refractivity contribution in [1.29, 1.82) is 0 Å². The molecule has 0 aliphatic heterocycles. The van der Waals surface area contributed by atoms with E-state index in [0.717, 1.165) is 22.6 Å². The Bertz CT molecular complexity index is 1050. The van der Waals surface area contributed by atoms with Gasteiger partial charge in [-0.3, -0.25) is 4.98 Å². The smallest absolute Gasteiger partial charge is 0.163 e. The van der Waals surface area contributed by atoms with Gasteiger partial charge in [0, 0.05) is 43.2 Å². The summed E-state index contributed by atoms with van der Waals surface area (Å²) in [6.07, 6.45) is 3.46. The van der Waals surface area contributed by atoms with Gasteiger partial charge in [-0.05, 0) is 42.0 Å². The van der Waals surface area contributed by atoms with Crippen molar-refractivity contribution in [3.63, 3.8) is 0 Å². The summed E-state index contributed by atoms with van der Waals surface area (Å²) < 4.78 is 13.3. The molecule has 4 aromatic rings. The summed E-state index contributed by atoms with van der Waals surface area (Å²) in [6, 6.07) is 22.3. The number of hydrogen-bond donors (Lipinski definition) is 0. The zero-order chi connectivity index (χ0) is 19.3. The molecule has 0 atom stereocenters. The first-order valence-electron chi connectivity index (χ1n) is 8.99. The Kier molecular flexibility index (Phi) is 5.06. The van der Waals surface area contributed by atoms with E-state index < -0.39 is 0 Å². The number of rotatable bonds is 5. The normalized spacial score (nSPS) is 10.6. The zero-order valence-electron chi connectivity index (χ0n) is 15.5. The van der Waals surface area contributed by atoms with Gasteiger partial charge in [-0.15, -0.1) is 0 Å². The average molecular weight is 370 g/mol. The van der Waals surface area contributed by atoms with Crippen molar-refractivity contribution in [3.8, 4) is 22.6 Å². The largest absolute Gasteiger partial charge is 0.355 e. The van der Waals surface area contributed by atoms with Crippen molar-refractivity contribution in [2.75, 3.05) is 11.9 Å². The molecule has 0 fully saturated rings. The SMILES string of the molecule is CN(Cc1ccccc1)c1cc(-c2ccc(F)cc2)nc(-c2cccnc2)n1. The van der Waals surface area contributed by atoms with E-state index in [4.69, 9.17) is 9.97 Å². The van der Waals surface area contributed by atoms with Crippen LogP contribution < -0.4 is 4.90 Å². The molecule has 5 heteroatoms. The standard InChI is InChI=1S/C23H19FN4/c1-28(16-17-6-3-2-4-7-17)22-14-21(18-9-11-20(24)12-10-18)26-23(27-22)19-8-5-13-25-15-19/h2-15H,16H2,1H3. The third kappa shape index (κ3) is 4.04. The summed E-state index contributed by atoms with van der Waals surface area (Å²) in [4.78, 5) is 15.7. The van der Waals surface area contributed by atoms with Crippen molar-refractivity contribution in [1.82, 2.24) is 15.0 Å². The lowest BCUT2D eigenvalue weighted by molar-refractivity contribution is 0.628. The van der Waals surface area contributed by atoms with Crippen molar-refractivity contribution in [3.05, 3.63) is 96.6 Å². The second-order valence-electron chi connectivity index (χ2n) is 6.53. The molecule has 4 nitrogen and oxygen atoms in total. The van der Waals surface area contributed by atoms with Crippen LogP contribution in [0, 0.1) is 5.82 Å². The van der Waals surface area contributed by atoms with Gasteiger partial charge in [-0.25, -0.2) is 14.4 Å². The number of anilines is 1. The lowest BCUT2D eigenvalue weighted by Gasteiger charge is -2.20. The minimum atomic E-state index is -0.272. The van der Waals surface area contributed by atoms with Crippen LogP contribution in [0.25, 0.3) is 22.6 Å². The van der Waals surface area contributed by atoms with E-state index in [1.54, 1.807) is 24.5 Å². The monoisotopic (exact) mass is 370 g/mol. The molecule has 0 amide bonds. The zero-order valence-corrected chi connectivity index (χ0v) is 15.5. The third-order valence-electron chi connectivity index (χ3n) is 4.43. The molecule has 4 rings (SSSR count). The first-order valence-corrected chi connectivity index (χ1v) is 8.99. The molecule has 2 aromatic carbocycles. The highest BCUT2D eigenvalue weighted by atomic mass is 19.1. The predicted molar refractivity (Wildman–Crippen MR) is 109 cm³/mol. The van der Waals surface area contributed by atoms with E-state index in [2.05, 4.69) is 22.0 Å². The Morgan fingerprint density at radius 3 is 2.36 bits per heavy atom. The first-order chi connectivity index (χ1) is 13.7. The second kappa shape index (κ2) is 7.96. The molecule has 2 aromatic heterocycles. The minimum Gasteiger partial charge on any atom is -0.355 e. The van der Waals surface area contributed by atoms with Gasteiger partial charge in [0.05, 0.1) is 5.69 Å². The summed E-state index contributed by atoms with van der Waals surface area (Å²) in [5, 5.41) is 0. The lowest BCUT2D eigenvalue weighted by Crippen LogP contribution is -2.18. The maximum atomic E-state index is 13.3. The van der Waals surface area contributed by atoms with Crippen LogP contribution in [0.5, 0.6) is 0 Å².